The molecule has 1 aliphatic rings. The Morgan fingerprint density at radius 3 is 2.39 bits per heavy atom. The van der Waals surface area contributed by atoms with Gasteiger partial charge >= 0.3 is 0 Å². The summed E-state index contributed by atoms with van der Waals surface area (Å²) in [6, 6.07) is 13.2. The molecule has 3 aromatic rings. The van der Waals surface area contributed by atoms with Gasteiger partial charge in [0.2, 0.25) is 5.91 Å². The molecule has 0 spiro atoms. The minimum absolute atomic E-state index is 0.0601. The largest absolute Gasteiger partial charge is 0.375 e. The Balaban J connectivity index is 1.52. The van der Waals surface area contributed by atoms with Crippen LogP contribution in [0.5, 0.6) is 0 Å². The van der Waals surface area contributed by atoms with Crippen LogP contribution in [-0.4, -0.2) is 31.2 Å². The van der Waals surface area contributed by atoms with E-state index < -0.39 is 35.1 Å². The molecular formula is C28H28F4N2O2. The van der Waals surface area contributed by atoms with Gasteiger partial charge in [-0.15, -0.1) is 0 Å². The molecule has 0 radical (unpaired) electrons. The molecule has 0 saturated carbocycles. The van der Waals surface area contributed by atoms with Crippen LogP contribution in [0.15, 0.2) is 60.7 Å². The topological polar surface area (TPSA) is 50.4 Å². The normalized spacial score (nSPS) is 18.6. The van der Waals surface area contributed by atoms with Crippen LogP contribution >= 0.6 is 0 Å². The van der Waals surface area contributed by atoms with Gasteiger partial charge in [-0.05, 0) is 67.3 Å². The van der Waals surface area contributed by atoms with Crippen molar-refractivity contribution >= 4 is 11.6 Å². The molecule has 4 rings (SSSR count). The molecule has 3 aromatic carbocycles. The highest BCUT2D eigenvalue weighted by molar-refractivity contribution is 5.92. The van der Waals surface area contributed by atoms with E-state index in [1.165, 1.54) is 36.4 Å². The first kappa shape index (κ1) is 25.9. The highest BCUT2D eigenvalue weighted by atomic mass is 19.1. The van der Waals surface area contributed by atoms with Crippen LogP contribution in [0.4, 0.5) is 23.2 Å². The summed E-state index contributed by atoms with van der Waals surface area (Å²) in [6.45, 7) is 3.27. The summed E-state index contributed by atoms with van der Waals surface area (Å²) in [7, 11) is 0. The van der Waals surface area contributed by atoms with Gasteiger partial charge in [0.05, 0.1) is 12.7 Å². The van der Waals surface area contributed by atoms with Crippen molar-refractivity contribution in [3.63, 3.8) is 0 Å². The minimum atomic E-state index is -0.779. The lowest BCUT2D eigenvalue weighted by atomic mass is 9.88. The van der Waals surface area contributed by atoms with Gasteiger partial charge in [0.15, 0.2) is 0 Å². The van der Waals surface area contributed by atoms with Crippen LogP contribution in [0.3, 0.4) is 0 Å². The number of ether oxygens (including phenoxy) is 1. The van der Waals surface area contributed by atoms with Crippen LogP contribution in [0.1, 0.15) is 42.4 Å². The fraction of sp³-hybridized carbons (Fsp3) is 0.321. The fourth-order valence-corrected chi connectivity index (χ4v) is 4.44. The number of amides is 1. The molecule has 1 aliphatic heterocycles. The van der Waals surface area contributed by atoms with Crippen molar-refractivity contribution < 1.29 is 27.1 Å². The number of hydrogen-bond donors (Lipinski definition) is 2. The monoisotopic (exact) mass is 500 g/mol. The summed E-state index contributed by atoms with van der Waals surface area (Å²) in [5.74, 6) is -3.67. The molecule has 0 bridgehead atoms. The molecule has 0 aromatic heterocycles. The van der Waals surface area contributed by atoms with E-state index in [1.54, 1.807) is 6.07 Å². The Morgan fingerprint density at radius 1 is 1.00 bits per heavy atom. The van der Waals surface area contributed by atoms with Crippen LogP contribution < -0.4 is 10.6 Å². The second-order valence-corrected chi connectivity index (χ2v) is 9.13. The number of carbonyl (C=O) groups excluding carboxylic acids is 1. The number of rotatable bonds is 8. The Labute approximate surface area is 207 Å². The SMILES string of the molecule is C[C@H]1CO[C@H](CCc2c(F)cccc2NC(=O)C[C@@H](c2ccc(F)cc2)c2cc(F)cc(F)c2)CN1. The zero-order valence-corrected chi connectivity index (χ0v) is 19.9. The molecular weight excluding hydrogens is 472 g/mol. The van der Waals surface area contributed by atoms with E-state index in [4.69, 9.17) is 4.74 Å². The molecule has 3 atom stereocenters. The fourth-order valence-electron chi connectivity index (χ4n) is 4.44. The highest BCUT2D eigenvalue weighted by Crippen LogP contribution is 2.31. The van der Waals surface area contributed by atoms with Crippen LogP contribution in [0.25, 0.3) is 0 Å². The van der Waals surface area contributed by atoms with E-state index in [9.17, 15) is 22.4 Å². The lowest BCUT2D eigenvalue weighted by Gasteiger charge is -2.28. The Kier molecular flexibility index (Phi) is 8.38. The molecule has 1 heterocycles. The molecule has 1 amide bonds. The molecule has 36 heavy (non-hydrogen) atoms. The van der Waals surface area contributed by atoms with Gasteiger partial charge in [-0.3, -0.25) is 4.79 Å². The van der Waals surface area contributed by atoms with E-state index in [-0.39, 0.29) is 24.1 Å². The zero-order valence-electron chi connectivity index (χ0n) is 19.9. The van der Waals surface area contributed by atoms with Crippen molar-refractivity contribution in [3.05, 3.63) is 101 Å². The number of halogens is 4. The molecule has 0 unspecified atom stereocenters. The lowest BCUT2D eigenvalue weighted by molar-refractivity contribution is -0.116. The standard InChI is InChI=1S/C28H28F4N2O2/c1-17-16-36-23(15-33-17)9-10-24-26(32)3-2-4-27(24)34-28(35)14-25(18-5-7-20(29)8-6-18)19-11-21(30)13-22(31)12-19/h2-8,11-13,17,23,25,33H,9-10,14-16H2,1H3,(H,34,35)/t17-,23+,25-/m0/s1. The van der Waals surface area contributed by atoms with Gasteiger partial charge in [-0.1, -0.05) is 18.2 Å². The first-order valence-corrected chi connectivity index (χ1v) is 11.9. The first-order valence-electron chi connectivity index (χ1n) is 11.9. The van der Waals surface area contributed by atoms with Gasteiger partial charge in [0.1, 0.15) is 23.3 Å². The molecule has 4 nitrogen and oxygen atoms in total. The number of nitrogens with one attached hydrogen (secondary N) is 2. The van der Waals surface area contributed by atoms with Crippen LogP contribution in [0.2, 0.25) is 0 Å². The summed E-state index contributed by atoms with van der Waals surface area (Å²) in [4.78, 5) is 13.1. The average Bonchev–Trinajstić information content (AvgIpc) is 2.83. The minimum Gasteiger partial charge on any atom is -0.375 e. The highest BCUT2D eigenvalue weighted by Gasteiger charge is 2.23. The van der Waals surface area contributed by atoms with Crippen molar-refractivity contribution in [1.29, 1.82) is 0 Å². The molecule has 2 N–H and O–H groups in total. The predicted octanol–water partition coefficient (Wildman–Crippen LogP) is 5.71. The van der Waals surface area contributed by atoms with E-state index in [2.05, 4.69) is 10.6 Å². The quantitative estimate of drug-likeness (QED) is 0.390. The zero-order chi connectivity index (χ0) is 25.7. The van der Waals surface area contributed by atoms with Gasteiger partial charge in [-0.2, -0.15) is 0 Å². The maximum Gasteiger partial charge on any atom is 0.225 e. The Morgan fingerprint density at radius 2 is 1.72 bits per heavy atom. The predicted molar refractivity (Wildman–Crippen MR) is 130 cm³/mol. The number of anilines is 1. The van der Waals surface area contributed by atoms with E-state index in [1.807, 2.05) is 6.92 Å². The van der Waals surface area contributed by atoms with Gasteiger partial charge in [0.25, 0.3) is 0 Å². The summed E-state index contributed by atoms with van der Waals surface area (Å²) in [6.07, 6.45) is 0.692. The smallest absolute Gasteiger partial charge is 0.225 e. The van der Waals surface area contributed by atoms with Crippen molar-refractivity contribution in [3.8, 4) is 0 Å². The average molecular weight is 501 g/mol. The van der Waals surface area contributed by atoms with Crippen LogP contribution in [-0.2, 0) is 16.0 Å². The summed E-state index contributed by atoms with van der Waals surface area (Å²) in [5, 5.41) is 6.09. The van der Waals surface area contributed by atoms with Crippen molar-refractivity contribution in [1.82, 2.24) is 5.32 Å². The summed E-state index contributed by atoms with van der Waals surface area (Å²) < 4.78 is 61.9. The lowest BCUT2D eigenvalue weighted by Crippen LogP contribution is -2.44. The second kappa shape index (κ2) is 11.7. The van der Waals surface area contributed by atoms with E-state index in [0.717, 1.165) is 18.2 Å². The summed E-state index contributed by atoms with van der Waals surface area (Å²) in [5.41, 5.74) is 1.46. The van der Waals surface area contributed by atoms with Crippen molar-refractivity contribution in [2.75, 3.05) is 18.5 Å². The molecule has 190 valence electrons. The molecule has 0 aliphatic carbocycles. The van der Waals surface area contributed by atoms with Crippen molar-refractivity contribution in [2.45, 2.75) is 44.2 Å². The van der Waals surface area contributed by atoms with E-state index in [0.29, 0.717) is 42.8 Å². The number of benzene rings is 3. The second-order valence-electron chi connectivity index (χ2n) is 9.13. The third kappa shape index (κ3) is 6.71. The van der Waals surface area contributed by atoms with E-state index >= 15 is 0 Å². The maximum atomic E-state index is 14.7. The Bertz CT molecular complexity index is 1170. The Hall–Kier alpha value is -3.23. The van der Waals surface area contributed by atoms with Crippen LogP contribution in [0, 0.1) is 23.3 Å². The van der Waals surface area contributed by atoms with Gasteiger partial charge in [-0.25, -0.2) is 17.6 Å². The molecule has 1 fully saturated rings. The van der Waals surface area contributed by atoms with Gasteiger partial charge < -0.3 is 15.4 Å². The summed E-state index contributed by atoms with van der Waals surface area (Å²) >= 11 is 0. The van der Waals surface area contributed by atoms with Crippen molar-refractivity contribution in [2.24, 2.45) is 0 Å². The third-order valence-electron chi connectivity index (χ3n) is 6.33. The molecule has 8 heteroatoms. The third-order valence-corrected chi connectivity index (χ3v) is 6.33. The van der Waals surface area contributed by atoms with Gasteiger partial charge in [0, 0.05) is 42.2 Å². The number of hydrogen-bond acceptors (Lipinski definition) is 3. The first-order chi connectivity index (χ1) is 17.3. The number of morpholine rings is 1. The number of carbonyl (C=O) groups is 1. The maximum absolute atomic E-state index is 14.7. The molecule has 1 saturated heterocycles.